The summed E-state index contributed by atoms with van der Waals surface area (Å²) in [4.78, 5) is 12.8. The van der Waals surface area contributed by atoms with Crippen LogP contribution in [-0.4, -0.2) is 61.3 Å². The molecule has 7 nitrogen and oxygen atoms in total. The lowest BCUT2D eigenvalue weighted by Crippen LogP contribution is -2.53. The molecule has 2 rings (SSSR count). The highest BCUT2D eigenvalue weighted by Crippen LogP contribution is 2.23. The fourth-order valence-corrected chi connectivity index (χ4v) is 1.99. The highest BCUT2D eigenvalue weighted by molar-refractivity contribution is 5.84. The molecule has 2 N–H and O–H groups in total. The molecule has 0 aliphatic carbocycles. The zero-order valence-electron chi connectivity index (χ0n) is 10.6. The summed E-state index contributed by atoms with van der Waals surface area (Å²) in [5.41, 5.74) is -0.700. The molecule has 0 spiro atoms. The van der Waals surface area contributed by atoms with Gasteiger partial charge in [-0.25, -0.2) is 9.48 Å². The number of carbonyl (C=O) groups is 1. The van der Waals surface area contributed by atoms with Gasteiger partial charge in [0.25, 0.3) is 0 Å². The first-order chi connectivity index (χ1) is 8.41. The van der Waals surface area contributed by atoms with E-state index >= 15 is 0 Å². The minimum absolute atomic E-state index is 0.0333. The number of aromatic nitrogens is 3. The number of carboxylic acid groups (broad SMARTS) is 1. The molecular formula is C11H18N4O3. The van der Waals surface area contributed by atoms with Crippen LogP contribution in [0, 0.1) is 0 Å². The third-order valence-electron chi connectivity index (χ3n) is 3.37. The molecule has 0 radical (unpaired) electrons. The van der Waals surface area contributed by atoms with E-state index in [4.69, 9.17) is 5.11 Å². The lowest BCUT2D eigenvalue weighted by Gasteiger charge is -2.42. The van der Waals surface area contributed by atoms with Crippen molar-refractivity contribution < 1.29 is 15.0 Å². The molecule has 1 unspecified atom stereocenters. The van der Waals surface area contributed by atoms with Gasteiger partial charge in [-0.05, 0) is 13.3 Å². The Morgan fingerprint density at radius 3 is 2.78 bits per heavy atom. The molecule has 1 fully saturated rings. The van der Waals surface area contributed by atoms with Crippen molar-refractivity contribution >= 4 is 5.97 Å². The van der Waals surface area contributed by atoms with Crippen LogP contribution < -0.4 is 0 Å². The normalized spacial score (nSPS) is 20.4. The Morgan fingerprint density at radius 1 is 1.61 bits per heavy atom. The number of carboxylic acids is 1. The van der Waals surface area contributed by atoms with Crippen LogP contribution in [0.25, 0.3) is 0 Å². The molecule has 0 amide bonds. The number of aromatic carboxylic acids is 1. The number of β-amino-alcohol motifs (C(OH)–C–C–N with tert-alkyl or cyclic N) is 1. The number of nitrogens with zero attached hydrogens (tertiary/aromatic N) is 4. The molecule has 0 saturated carbocycles. The first kappa shape index (κ1) is 13.0. The highest BCUT2D eigenvalue weighted by atomic mass is 16.4. The molecule has 1 atom stereocenters. The van der Waals surface area contributed by atoms with Gasteiger partial charge in [-0.3, -0.25) is 4.90 Å². The number of hydrogen-bond acceptors (Lipinski definition) is 5. The van der Waals surface area contributed by atoms with Gasteiger partial charge in [0.2, 0.25) is 0 Å². The number of aliphatic hydroxyl groups is 1. The van der Waals surface area contributed by atoms with Gasteiger partial charge in [0.1, 0.15) is 0 Å². The quantitative estimate of drug-likeness (QED) is 0.768. The van der Waals surface area contributed by atoms with Crippen molar-refractivity contribution in [3.05, 3.63) is 11.9 Å². The monoisotopic (exact) mass is 254 g/mol. The molecule has 0 bridgehead atoms. The van der Waals surface area contributed by atoms with E-state index < -0.39 is 11.6 Å². The third kappa shape index (κ3) is 2.68. The summed E-state index contributed by atoms with van der Waals surface area (Å²) in [6.07, 6.45) is 2.16. The number of rotatable bonds is 5. The van der Waals surface area contributed by atoms with E-state index in [1.54, 1.807) is 4.68 Å². The van der Waals surface area contributed by atoms with Gasteiger partial charge in [-0.15, -0.1) is 5.10 Å². The minimum atomic E-state index is -1.06. The van der Waals surface area contributed by atoms with Gasteiger partial charge >= 0.3 is 5.97 Å². The fraction of sp³-hybridized carbons (Fsp3) is 0.727. The molecular weight excluding hydrogens is 236 g/mol. The summed E-state index contributed by atoms with van der Waals surface area (Å²) < 4.78 is 1.58. The van der Waals surface area contributed by atoms with Crippen LogP contribution in [0.5, 0.6) is 0 Å². The Bertz CT molecular complexity index is 437. The molecule has 0 aromatic carbocycles. The van der Waals surface area contributed by atoms with Crippen molar-refractivity contribution in [2.45, 2.75) is 31.9 Å². The van der Waals surface area contributed by atoms with E-state index in [0.717, 1.165) is 13.1 Å². The highest BCUT2D eigenvalue weighted by Gasteiger charge is 2.33. The van der Waals surface area contributed by atoms with Crippen LogP contribution >= 0.6 is 0 Å². The zero-order chi connectivity index (χ0) is 13.3. The van der Waals surface area contributed by atoms with Crippen molar-refractivity contribution in [3.8, 4) is 0 Å². The Morgan fingerprint density at radius 2 is 2.28 bits per heavy atom. The van der Waals surface area contributed by atoms with Crippen molar-refractivity contribution in [2.75, 3.05) is 19.6 Å². The molecule has 1 aliphatic heterocycles. The van der Waals surface area contributed by atoms with E-state index in [9.17, 15) is 9.90 Å². The van der Waals surface area contributed by atoms with Gasteiger partial charge in [0, 0.05) is 19.6 Å². The maximum Gasteiger partial charge on any atom is 0.358 e. The van der Waals surface area contributed by atoms with E-state index in [0.29, 0.717) is 13.0 Å². The average molecular weight is 254 g/mol. The summed E-state index contributed by atoms with van der Waals surface area (Å²) in [7, 11) is 0. The van der Waals surface area contributed by atoms with Crippen LogP contribution in [0.15, 0.2) is 6.20 Å². The summed E-state index contributed by atoms with van der Waals surface area (Å²) in [5.74, 6) is -1.06. The second-order valence-electron chi connectivity index (χ2n) is 5.09. The Hall–Kier alpha value is -1.47. The maximum atomic E-state index is 10.7. The van der Waals surface area contributed by atoms with Crippen molar-refractivity contribution in [1.82, 2.24) is 19.9 Å². The third-order valence-corrected chi connectivity index (χ3v) is 3.37. The predicted octanol–water partition coefficient (Wildman–Crippen LogP) is -0.00600. The lowest BCUT2D eigenvalue weighted by molar-refractivity contribution is -0.0207. The Balaban J connectivity index is 1.87. The van der Waals surface area contributed by atoms with E-state index in [2.05, 4.69) is 15.2 Å². The van der Waals surface area contributed by atoms with Crippen LogP contribution in [0.2, 0.25) is 0 Å². The molecule has 1 aliphatic rings. The molecule has 18 heavy (non-hydrogen) atoms. The fourth-order valence-electron chi connectivity index (χ4n) is 1.99. The molecule has 1 aromatic heterocycles. The van der Waals surface area contributed by atoms with Gasteiger partial charge in [0.15, 0.2) is 5.69 Å². The van der Waals surface area contributed by atoms with E-state index in [1.807, 2.05) is 13.8 Å². The maximum absolute atomic E-state index is 10.7. The topological polar surface area (TPSA) is 91.5 Å². The second-order valence-corrected chi connectivity index (χ2v) is 5.09. The average Bonchev–Trinajstić information content (AvgIpc) is 2.72. The predicted molar refractivity (Wildman–Crippen MR) is 63.4 cm³/mol. The van der Waals surface area contributed by atoms with Gasteiger partial charge in [0.05, 0.1) is 17.8 Å². The van der Waals surface area contributed by atoms with Crippen LogP contribution in [0.3, 0.4) is 0 Å². The lowest BCUT2D eigenvalue weighted by atomic mass is 9.99. The Labute approximate surface area is 105 Å². The SMILES string of the molecule is CCC(C)(O)CN1CC(n2cc(C(=O)O)nn2)C1. The number of likely N-dealkylation sites (tertiary alicyclic amines) is 1. The zero-order valence-corrected chi connectivity index (χ0v) is 10.6. The first-order valence-corrected chi connectivity index (χ1v) is 6.01. The van der Waals surface area contributed by atoms with Crippen molar-refractivity contribution in [1.29, 1.82) is 0 Å². The second kappa shape index (κ2) is 4.66. The largest absolute Gasteiger partial charge is 0.476 e. The van der Waals surface area contributed by atoms with Crippen LogP contribution in [-0.2, 0) is 0 Å². The molecule has 1 aromatic rings. The van der Waals surface area contributed by atoms with Crippen LogP contribution in [0.4, 0.5) is 0 Å². The summed E-state index contributed by atoms with van der Waals surface area (Å²) >= 11 is 0. The van der Waals surface area contributed by atoms with Gasteiger partial charge in [-0.1, -0.05) is 12.1 Å². The minimum Gasteiger partial charge on any atom is -0.476 e. The first-order valence-electron chi connectivity index (χ1n) is 6.01. The van der Waals surface area contributed by atoms with Gasteiger partial charge in [-0.2, -0.15) is 0 Å². The summed E-state index contributed by atoms with van der Waals surface area (Å²) in [5, 5.41) is 26.1. The summed E-state index contributed by atoms with van der Waals surface area (Å²) in [6.45, 7) is 5.92. The smallest absolute Gasteiger partial charge is 0.358 e. The molecule has 2 heterocycles. The molecule has 1 saturated heterocycles. The standard InChI is InChI=1S/C11H18N4O3/c1-3-11(2,18)7-14-4-8(5-14)15-6-9(10(16)17)12-13-15/h6,8,18H,3-5,7H2,1-2H3,(H,16,17). The van der Waals surface area contributed by atoms with Crippen LogP contribution in [0.1, 0.15) is 36.8 Å². The van der Waals surface area contributed by atoms with E-state index in [1.165, 1.54) is 6.20 Å². The Kier molecular flexibility index (Phi) is 3.36. The summed E-state index contributed by atoms with van der Waals surface area (Å²) in [6, 6.07) is 0.151. The van der Waals surface area contributed by atoms with E-state index in [-0.39, 0.29) is 11.7 Å². The van der Waals surface area contributed by atoms with Gasteiger partial charge < -0.3 is 10.2 Å². The molecule has 100 valence electrons. The van der Waals surface area contributed by atoms with Crippen molar-refractivity contribution in [3.63, 3.8) is 0 Å². The number of hydrogen-bond donors (Lipinski definition) is 2. The molecule has 7 heteroatoms. The van der Waals surface area contributed by atoms with Crippen molar-refractivity contribution in [2.24, 2.45) is 0 Å².